The summed E-state index contributed by atoms with van der Waals surface area (Å²) in [6, 6.07) is 17.2. The quantitative estimate of drug-likeness (QED) is 0.629. The Morgan fingerprint density at radius 2 is 1.67 bits per heavy atom. The third-order valence-electron chi connectivity index (χ3n) is 5.51. The van der Waals surface area contributed by atoms with Crippen molar-refractivity contribution in [3.63, 3.8) is 0 Å². The van der Waals surface area contributed by atoms with Gasteiger partial charge in [-0.15, -0.1) is 10.2 Å². The van der Waals surface area contributed by atoms with E-state index in [-0.39, 0.29) is 11.4 Å². The minimum Gasteiger partial charge on any atom is -0.313 e. The lowest BCUT2D eigenvalue weighted by atomic mass is 10.1. The first-order valence-electron chi connectivity index (χ1n) is 10.3. The maximum Gasteiger partial charge on any atom is 0.240 e. The van der Waals surface area contributed by atoms with E-state index in [9.17, 15) is 8.42 Å². The maximum atomic E-state index is 12.5. The van der Waals surface area contributed by atoms with Crippen molar-refractivity contribution in [1.82, 2.24) is 24.4 Å². The van der Waals surface area contributed by atoms with E-state index in [0.29, 0.717) is 5.82 Å². The third-order valence-corrected chi connectivity index (χ3v) is 6.92. The fraction of sp³-hybridized carbons (Fsp3) is 0.364. The van der Waals surface area contributed by atoms with Gasteiger partial charge in [-0.1, -0.05) is 49.4 Å². The average Bonchev–Trinajstić information content (AvgIpc) is 3.06. The second kappa shape index (κ2) is 9.07. The van der Waals surface area contributed by atoms with Gasteiger partial charge in [0.1, 0.15) is 11.6 Å². The van der Waals surface area contributed by atoms with Crippen LogP contribution in [0.5, 0.6) is 0 Å². The molecule has 0 radical (unpaired) electrons. The van der Waals surface area contributed by atoms with Crippen LogP contribution in [0.15, 0.2) is 59.5 Å². The van der Waals surface area contributed by atoms with Crippen LogP contribution in [0, 0.1) is 0 Å². The molecule has 3 aromatic rings. The van der Waals surface area contributed by atoms with Crippen LogP contribution in [0.3, 0.4) is 0 Å². The summed E-state index contributed by atoms with van der Waals surface area (Å²) < 4.78 is 29.7. The van der Waals surface area contributed by atoms with Gasteiger partial charge in [0.05, 0.1) is 11.4 Å². The highest BCUT2D eigenvalue weighted by Gasteiger charge is 2.20. The number of nitrogens with zero attached hydrogens (tertiary/aromatic N) is 4. The summed E-state index contributed by atoms with van der Waals surface area (Å²) >= 11 is 0. The summed E-state index contributed by atoms with van der Waals surface area (Å²) in [6.45, 7) is 5.72. The number of hydrogen-bond donors (Lipinski definition) is 1. The van der Waals surface area contributed by atoms with E-state index in [0.717, 1.165) is 44.8 Å². The standard InChI is InChI=1S/C22H27N5O2S/c1-2-18-8-10-19(11-9-18)17-26-13-12-21-24-25-22(27(21)15-14-26)16-23-30(28,29)20-6-4-3-5-7-20/h3-11,23H,2,12-17H2,1H3. The van der Waals surface area contributed by atoms with Crippen LogP contribution >= 0.6 is 0 Å². The molecule has 30 heavy (non-hydrogen) atoms. The molecule has 158 valence electrons. The molecule has 1 aromatic heterocycles. The van der Waals surface area contributed by atoms with Crippen molar-refractivity contribution >= 4 is 10.0 Å². The molecule has 1 N–H and O–H groups in total. The highest BCUT2D eigenvalue weighted by Crippen LogP contribution is 2.14. The Balaban J connectivity index is 1.39. The maximum absolute atomic E-state index is 12.5. The van der Waals surface area contributed by atoms with E-state index >= 15 is 0 Å². The molecule has 2 aromatic carbocycles. The van der Waals surface area contributed by atoms with Crippen molar-refractivity contribution in [3.05, 3.63) is 77.4 Å². The van der Waals surface area contributed by atoms with Gasteiger partial charge in [-0.2, -0.15) is 0 Å². The Morgan fingerprint density at radius 3 is 2.40 bits per heavy atom. The van der Waals surface area contributed by atoms with Gasteiger partial charge in [0.15, 0.2) is 0 Å². The van der Waals surface area contributed by atoms with Crippen LogP contribution < -0.4 is 4.72 Å². The predicted molar refractivity (Wildman–Crippen MR) is 115 cm³/mol. The average molecular weight is 426 g/mol. The molecule has 0 saturated carbocycles. The minimum absolute atomic E-state index is 0.128. The molecule has 1 aliphatic rings. The SMILES string of the molecule is CCc1ccc(CN2CCc3nnc(CNS(=O)(=O)c4ccccc4)n3CC2)cc1. The molecule has 0 fully saturated rings. The van der Waals surface area contributed by atoms with E-state index in [1.807, 2.05) is 4.57 Å². The van der Waals surface area contributed by atoms with E-state index in [4.69, 9.17) is 0 Å². The highest BCUT2D eigenvalue weighted by molar-refractivity contribution is 7.89. The fourth-order valence-corrected chi connectivity index (χ4v) is 4.70. The Labute approximate surface area is 177 Å². The summed E-state index contributed by atoms with van der Waals surface area (Å²) in [5.74, 6) is 1.56. The first kappa shape index (κ1) is 20.7. The van der Waals surface area contributed by atoms with Crippen LogP contribution in [0.1, 0.15) is 29.7 Å². The van der Waals surface area contributed by atoms with Crippen molar-refractivity contribution in [2.75, 3.05) is 13.1 Å². The first-order chi connectivity index (χ1) is 14.5. The molecule has 0 saturated heterocycles. The molecule has 8 heteroatoms. The van der Waals surface area contributed by atoms with Crippen molar-refractivity contribution in [2.45, 2.75) is 44.3 Å². The number of fused-ring (bicyclic) bond motifs is 1. The topological polar surface area (TPSA) is 80.1 Å². The van der Waals surface area contributed by atoms with E-state index in [1.54, 1.807) is 30.3 Å². The molecule has 0 spiro atoms. The van der Waals surface area contributed by atoms with Crippen LogP contribution in [0.4, 0.5) is 0 Å². The van der Waals surface area contributed by atoms with E-state index in [2.05, 4.69) is 51.0 Å². The second-order valence-electron chi connectivity index (χ2n) is 7.52. The predicted octanol–water partition coefficient (Wildman–Crippen LogP) is 2.38. The van der Waals surface area contributed by atoms with Gasteiger partial charge in [0.2, 0.25) is 10.0 Å². The summed E-state index contributed by atoms with van der Waals surface area (Å²) in [7, 11) is -3.57. The lowest BCUT2D eigenvalue weighted by molar-refractivity contribution is 0.270. The van der Waals surface area contributed by atoms with Crippen LogP contribution in [0.2, 0.25) is 0 Å². The molecular weight excluding hydrogens is 398 g/mol. The molecule has 0 amide bonds. The summed E-state index contributed by atoms with van der Waals surface area (Å²) in [4.78, 5) is 2.66. The molecule has 4 rings (SSSR count). The summed E-state index contributed by atoms with van der Waals surface area (Å²) in [5.41, 5.74) is 2.66. The second-order valence-corrected chi connectivity index (χ2v) is 9.28. The molecule has 1 aliphatic heterocycles. The third kappa shape index (κ3) is 4.77. The number of aromatic nitrogens is 3. The number of nitrogens with one attached hydrogen (secondary N) is 1. The molecule has 0 aliphatic carbocycles. The summed E-state index contributed by atoms with van der Waals surface area (Å²) in [5, 5.41) is 8.54. The molecular formula is C22H27N5O2S. The number of sulfonamides is 1. The fourth-order valence-electron chi connectivity index (χ4n) is 3.70. The summed E-state index contributed by atoms with van der Waals surface area (Å²) in [6.07, 6.45) is 1.85. The van der Waals surface area contributed by atoms with Crippen molar-refractivity contribution in [1.29, 1.82) is 0 Å². The van der Waals surface area contributed by atoms with Gasteiger partial charge in [-0.3, -0.25) is 4.90 Å². The molecule has 0 bridgehead atoms. The van der Waals surface area contributed by atoms with Crippen LogP contribution in [-0.4, -0.2) is 41.2 Å². The lowest BCUT2D eigenvalue weighted by Crippen LogP contribution is -2.28. The van der Waals surface area contributed by atoms with E-state index < -0.39 is 10.0 Å². The van der Waals surface area contributed by atoms with Gasteiger partial charge in [-0.05, 0) is 29.7 Å². The minimum atomic E-state index is -3.57. The number of rotatable bonds is 7. The Bertz CT molecular complexity index is 1080. The zero-order valence-electron chi connectivity index (χ0n) is 17.2. The van der Waals surface area contributed by atoms with Gasteiger partial charge >= 0.3 is 0 Å². The largest absolute Gasteiger partial charge is 0.313 e. The van der Waals surface area contributed by atoms with Gasteiger partial charge in [0, 0.05) is 32.6 Å². The molecule has 7 nitrogen and oxygen atoms in total. The molecule has 0 unspecified atom stereocenters. The smallest absolute Gasteiger partial charge is 0.240 e. The van der Waals surface area contributed by atoms with Crippen molar-refractivity contribution in [2.24, 2.45) is 0 Å². The number of benzene rings is 2. The Kier molecular flexibility index (Phi) is 6.26. The normalized spacial score (nSPS) is 15.0. The first-order valence-corrected chi connectivity index (χ1v) is 11.8. The zero-order chi connectivity index (χ0) is 21.0. The molecule has 2 heterocycles. The number of hydrogen-bond acceptors (Lipinski definition) is 5. The van der Waals surface area contributed by atoms with Gasteiger partial charge in [0.25, 0.3) is 0 Å². The zero-order valence-corrected chi connectivity index (χ0v) is 18.0. The van der Waals surface area contributed by atoms with Crippen LogP contribution in [-0.2, 0) is 42.5 Å². The van der Waals surface area contributed by atoms with Crippen molar-refractivity contribution < 1.29 is 8.42 Å². The van der Waals surface area contributed by atoms with E-state index in [1.165, 1.54) is 11.1 Å². The Morgan fingerprint density at radius 1 is 0.933 bits per heavy atom. The highest BCUT2D eigenvalue weighted by atomic mass is 32.2. The molecule has 0 atom stereocenters. The van der Waals surface area contributed by atoms with Crippen molar-refractivity contribution in [3.8, 4) is 0 Å². The monoisotopic (exact) mass is 425 g/mol. The number of aryl methyl sites for hydroxylation is 1. The Hall–Kier alpha value is -2.55. The van der Waals surface area contributed by atoms with Gasteiger partial charge < -0.3 is 4.57 Å². The van der Waals surface area contributed by atoms with Crippen LogP contribution in [0.25, 0.3) is 0 Å². The lowest BCUT2D eigenvalue weighted by Gasteiger charge is -2.19. The van der Waals surface area contributed by atoms with Gasteiger partial charge in [-0.25, -0.2) is 13.1 Å².